The minimum Gasteiger partial charge on any atom is -0.381 e. The molecule has 2 amide bonds. The average Bonchev–Trinajstić information content (AvgIpc) is 2.50. The molecule has 1 heterocycles. The first-order valence-electron chi connectivity index (χ1n) is 6.87. The lowest BCUT2D eigenvalue weighted by Gasteiger charge is -2.28. The topological polar surface area (TPSA) is 58.6 Å². The molecule has 1 saturated heterocycles. The first kappa shape index (κ1) is 16.3. The predicted molar refractivity (Wildman–Crippen MR) is 76.8 cm³/mol. The summed E-state index contributed by atoms with van der Waals surface area (Å²) in [6.45, 7) is 7.04. The van der Waals surface area contributed by atoms with Crippen LogP contribution in [0.3, 0.4) is 0 Å². The van der Waals surface area contributed by atoms with Crippen molar-refractivity contribution in [2.45, 2.75) is 25.8 Å². The molecule has 1 aliphatic rings. The van der Waals surface area contributed by atoms with E-state index in [1.807, 2.05) is 6.92 Å². The van der Waals surface area contributed by atoms with Crippen molar-refractivity contribution in [3.05, 3.63) is 12.7 Å². The molecule has 1 atom stereocenters. The van der Waals surface area contributed by atoms with E-state index in [1.165, 1.54) is 11.0 Å². The van der Waals surface area contributed by atoms with Crippen molar-refractivity contribution in [1.82, 2.24) is 10.2 Å². The van der Waals surface area contributed by atoms with Crippen molar-refractivity contribution in [2.24, 2.45) is 5.92 Å². The van der Waals surface area contributed by atoms with E-state index in [4.69, 9.17) is 11.2 Å². The van der Waals surface area contributed by atoms with E-state index < -0.39 is 0 Å². The fourth-order valence-electron chi connectivity index (χ4n) is 2.21. The fourth-order valence-corrected chi connectivity index (χ4v) is 2.21. The van der Waals surface area contributed by atoms with Crippen molar-refractivity contribution in [1.29, 1.82) is 0 Å². The lowest BCUT2D eigenvalue weighted by atomic mass is 9.92. The molecule has 20 heavy (non-hydrogen) atoms. The van der Waals surface area contributed by atoms with Crippen molar-refractivity contribution in [2.75, 3.05) is 26.3 Å². The Morgan fingerprint density at radius 3 is 2.70 bits per heavy atom. The molecule has 0 saturated carbocycles. The van der Waals surface area contributed by atoms with Gasteiger partial charge in [0, 0.05) is 19.8 Å². The Balaban J connectivity index is 2.52. The largest absolute Gasteiger partial charge is 0.381 e. The summed E-state index contributed by atoms with van der Waals surface area (Å²) in [5.41, 5.74) is 0. The zero-order valence-electron chi connectivity index (χ0n) is 11.9. The predicted octanol–water partition coefficient (Wildman–Crippen LogP) is 0.566. The van der Waals surface area contributed by atoms with Crippen LogP contribution in [0.2, 0.25) is 0 Å². The van der Waals surface area contributed by atoms with Gasteiger partial charge in [0.25, 0.3) is 0 Å². The molecule has 1 fully saturated rings. The number of ether oxygens (including phenoxy) is 1. The third kappa shape index (κ3) is 4.71. The van der Waals surface area contributed by atoms with Gasteiger partial charge in [-0.25, -0.2) is 0 Å². The van der Waals surface area contributed by atoms with E-state index in [1.54, 1.807) is 0 Å². The number of carbonyl (C=O) groups is 2. The second-order valence-electron chi connectivity index (χ2n) is 4.72. The third-order valence-corrected chi connectivity index (χ3v) is 3.44. The van der Waals surface area contributed by atoms with E-state index in [9.17, 15) is 9.59 Å². The number of amides is 2. The Morgan fingerprint density at radius 2 is 2.20 bits per heavy atom. The molecule has 0 aromatic heterocycles. The van der Waals surface area contributed by atoms with Crippen LogP contribution in [0.5, 0.6) is 0 Å². The summed E-state index contributed by atoms with van der Waals surface area (Å²) in [6, 6.07) is -0.302. The Hall–Kier alpha value is -1.80. The number of rotatable bonds is 6. The number of carbonyl (C=O) groups excluding carboxylic acids is 2. The molecule has 5 nitrogen and oxygen atoms in total. The smallest absolute Gasteiger partial charge is 0.246 e. The van der Waals surface area contributed by atoms with Gasteiger partial charge in [0.2, 0.25) is 11.8 Å². The monoisotopic (exact) mass is 278 g/mol. The van der Waals surface area contributed by atoms with E-state index in [-0.39, 0.29) is 30.3 Å². The number of nitrogens with zero attached hydrogens (tertiary/aromatic N) is 1. The SMILES string of the molecule is C#CC(NC(=O)CN(CC)C(=O)C=C)C1CCOCC1. The summed E-state index contributed by atoms with van der Waals surface area (Å²) in [5, 5.41) is 2.82. The number of likely N-dealkylation sites (N-methyl/N-ethyl adjacent to an activating group) is 1. The van der Waals surface area contributed by atoms with Crippen LogP contribution in [0.15, 0.2) is 12.7 Å². The standard InChI is InChI=1S/C15H22N2O3/c1-4-13(12-7-9-20-10-8-12)16-14(18)11-17(6-3)15(19)5-2/h1,5,12-13H,2,6-11H2,3H3,(H,16,18). The maximum atomic E-state index is 12.0. The number of nitrogens with one attached hydrogen (secondary N) is 1. The highest BCUT2D eigenvalue weighted by molar-refractivity contribution is 5.91. The van der Waals surface area contributed by atoms with Gasteiger partial charge < -0.3 is 15.0 Å². The highest BCUT2D eigenvalue weighted by atomic mass is 16.5. The van der Waals surface area contributed by atoms with Crippen LogP contribution in [0.1, 0.15) is 19.8 Å². The zero-order valence-corrected chi connectivity index (χ0v) is 11.9. The van der Waals surface area contributed by atoms with Crippen molar-refractivity contribution < 1.29 is 14.3 Å². The lowest BCUT2D eigenvalue weighted by Crippen LogP contribution is -2.46. The average molecular weight is 278 g/mol. The number of hydrogen-bond acceptors (Lipinski definition) is 3. The molecular formula is C15H22N2O3. The van der Waals surface area contributed by atoms with Crippen LogP contribution in [0, 0.1) is 18.3 Å². The molecule has 1 N–H and O–H groups in total. The molecule has 1 rings (SSSR count). The molecule has 0 aromatic rings. The minimum atomic E-state index is -0.302. The van der Waals surface area contributed by atoms with Gasteiger partial charge in [-0.05, 0) is 31.8 Å². The van der Waals surface area contributed by atoms with Crippen molar-refractivity contribution in [3.8, 4) is 12.3 Å². The minimum absolute atomic E-state index is 0.00273. The van der Waals surface area contributed by atoms with E-state index in [0.717, 1.165) is 12.8 Å². The van der Waals surface area contributed by atoms with Crippen molar-refractivity contribution in [3.63, 3.8) is 0 Å². The Labute approximate surface area is 120 Å². The molecular weight excluding hydrogens is 256 g/mol. The molecule has 1 unspecified atom stereocenters. The molecule has 1 aliphatic heterocycles. The van der Waals surface area contributed by atoms with E-state index in [2.05, 4.69) is 17.8 Å². The Morgan fingerprint density at radius 1 is 1.55 bits per heavy atom. The molecule has 0 bridgehead atoms. The molecule has 0 radical (unpaired) electrons. The van der Waals surface area contributed by atoms with Gasteiger partial charge in [-0.15, -0.1) is 6.42 Å². The normalized spacial score (nSPS) is 16.8. The highest BCUT2D eigenvalue weighted by Crippen LogP contribution is 2.18. The quantitative estimate of drug-likeness (QED) is 0.571. The van der Waals surface area contributed by atoms with Gasteiger partial charge in [-0.2, -0.15) is 0 Å². The summed E-state index contributed by atoms with van der Waals surface area (Å²) in [4.78, 5) is 24.9. The first-order chi connectivity index (χ1) is 9.62. The second-order valence-corrected chi connectivity index (χ2v) is 4.72. The molecule has 110 valence electrons. The second kappa shape index (κ2) is 8.39. The van der Waals surface area contributed by atoms with E-state index in [0.29, 0.717) is 19.8 Å². The highest BCUT2D eigenvalue weighted by Gasteiger charge is 2.24. The molecule has 0 aromatic carbocycles. The number of hydrogen-bond donors (Lipinski definition) is 1. The third-order valence-electron chi connectivity index (χ3n) is 3.44. The first-order valence-corrected chi connectivity index (χ1v) is 6.87. The van der Waals surface area contributed by atoms with Crippen molar-refractivity contribution >= 4 is 11.8 Å². The molecule has 0 spiro atoms. The Bertz CT molecular complexity index is 394. The molecule has 5 heteroatoms. The maximum Gasteiger partial charge on any atom is 0.246 e. The van der Waals surface area contributed by atoms with Gasteiger partial charge in [0.15, 0.2) is 0 Å². The summed E-state index contributed by atoms with van der Waals surface area (Å²) in [5.74, 6) is 2.37. The summed E-state index contributed by atoms with van der Waals surface area (Å²) < 4.78 is 5.28. The summed E-state index contributed by atoms with van der Waals surface area (Å²) in [6.07, 6.45) is 8.39. The van der Waals surface area contributed by atoms with Gasteiger partial charge in [-0.3, -0.25) is 9.59 Å². The van der Waals surface area contributed by atoms with Gasteiger partial charge in [0.05, 0.1) is 12.6 Å². The van der Waals surface area contributed by atoms with Crippen LogP contribution in [0.4, 0.5) is 0 Å². The summed E-state index contributed by atoms with van der Waals surface area (Å²) in [7, 11) is 0. The van der Waals surface area contributed by atoms with Gasteiger partial charge in [-0.1, -0.05) is 12.5 Å². The number of terminal acetylenes is 1. The van der Waals surface area contributed by atoms with E-state index >= 15 is 0 Å². The summed E-state index contributed by atoms with van der Waals surface area (Å²) >= 11 is 0. The van der Waals surface area contributed by atoms with Gasteiger partial charge >= 0.3 is 0 Å². The maximum absolute atomic E-state index is 12.0. The lowest BCUT2D eigenvalue weighted by molar-refractivity contribution is -0.132. The molecule has 0 aliphatic carbocycles. The zero-order chi connectivity index (χ0) is 15.0. The van der Waals surface area contributed by atoms with Gasteiger partial charge in [0.1, 0.15) is 0 Å². The van der Waals surface area contributed by atoms with Crippen LogP contribution < -0.4 is 5.32 Å². The van der Waals surface area contributed by atoms with Crippen LogP contribution in [-0.2, 0) is 14.3 Å². The Kier molecular flexibility index (Phi) is 6.82. The van der Waals surface area contributed by atoms with Crippen LogP contribution in [-0.4, -0.2) is 49.1 Å². The van der Waals surface area contributed by atoms with Crippen LogP contribution >= 0.6 is 0 Å². The van der Waals surface area contributed by atoms with Crippen LogP contribution in [0.25, 0.3) is 0 Å². The fraction of sp³-hybridized carbons (Fsp3) is 0.600.